The second-order valence-electron chi connectivity index (χ2n) is 16.0. The molecule has 9 aromatic carbocycles. The van der Waals surface area contributed by atoms with Crippen molar-refractivity contribution in [2.24, 2.45) is 0 Å². The number of nitrogens with zero attached hydrogens (tertiary/aromatic N) is 3. The maximum Gasteiger partial charge on any atom is 0.260 e. The van der Waals surface area contributed by atoms with Crippen LogP contribution < -0.4 is 25.9 Å². The van der Waals surface area contributed by atoms with E-state index >= 15 is 0 Å². The summed E-state index contributed by atoms with van der Waals surface area (Å²) in [7, 11) is 0. The minimum atomic E-state index is -0.0568. The highest BCUT2D eigenvalue weighted by atomic mass is 16.5. The number of fused-ring (bicyclic) bond motifs is 14. The predicted octanol–water partition coefficient (Wildman–Crippen LogP) is 11.7. The van der Waals surface area contributed by atoms with E-state index in [0.717, 1.165) is 73.0 Å². The molecule has 0 unspecified atom stereocenters. The first-order valence-electron chi connectivity index (χ1n) is 20.5. The van der Waals surface area contributed by atoms with E-state index in [1.165, 1.54) is 48.9 Å². The number of ether oxygens (including phenoxy) is 2. The third kappa shape index (κ3) is 4.21. The fourth-order valence-electron chi connectivity index (χ4n) is 10.5. The highest BCUT2D eigenvalue weighted by molar-refractivity contribution is 6.98. The van der Waals surface area contributed by atoms with Crippen LogP contribution in [-0.2, 0) is 0 Å². The molecule has 0 aliphatic carbocycles. The molecule has 0 fully saturated rings. The van der Waals surface area contributed by atoms with Crippen molar-refractivity contribution >= 4 is 88.5 Å². The Morgan fingerprint density at radius 2 is 0.833 bits per heavy atom. The van der Waals surface area contributed by atoms with Crippen molar-refractivity contribution < 1.29 is 9.47 Å². The molecule has 0 saturated heterocycles. The highest BCUT2D eigenvalue weighted by Crippen LogP contribution is 2.44. The minimum Gasteiger partial charge on any atom is -0.458 e. The van der Waals surface area contributed by atoms with Crippen molar-refractivity contribution in [3.8, 4) is 40.1 Å². The van der Waals surface area contributed by atoms with Gasteiger partial charge in [0, 0.05) is 67.4 Å². The van der Waals surface area contributed by atoms with Crippen LogP contribution in [-0.4, -0.2) is 20.4 Å². The van der Waals surface area contributed by atoms with Crippen molar-refractivity contribution in [2.75, 3.05) is 0 Å². The summed E-state index contributed by atoms with van der Waals surface area (Å²) in [5.41, 5.74) is 13.5. The van der Waals surface area contributed by atoms with Crippen LogP contribution in [0.5, 0.6) is 23.0 Å². The van der Waals surface area contributed by atoms with Crippen molar-refractivity contribution in [1.29, 1.82) is 0 Å². The van der Waals surface area contributed by atoms with E-state index in [1.807, 2.05) is 0 Å². The molecule has 60 heavy (non-hydrogen) atoms. The summed E-state index contributed by atoms with van der Waals surface area (Å²) in [5, 5.41) is 7.28. The maximum atomic E-state index is 7.17. The second-order valence-corrected chi connectivity index (χ2v) is 16.0. The largest absolute Gasteiger partial charge is 0.458 e. The molecule has 0 bridgehead atoms. The first kappa shape index (κ1) is 32.1. The third-order valence-electron chi connectivity index (χ3n) is 12.9. The van der Waals surface area contributed by atoms with E-state index in [1.54, 1.807) is 0 Å². The Hall–Kier alpha value is -7.96. The smallest absolute Gasteiger partial charge is 0.260 e. The third-order valence-corrected chi connectivity index (χ3v) is 12.9. The van der Waals surface area contributed by atoms with Gasteiger partial charge >= 0.3 is 0 Å². The van der Waals surface area contributed by atoms with Crippen LogP contribution in [0.1, 0.15) is 0 Å². The molecule has 278 valence electrons. The zero-order valence-electron chi connectivity index (χ0n) is 32.2. The number of benzene rings is 9. The average molecular weight is 766 g/mol. The number of hydrogen-bond acceptors (Lipinski definition) is 2. The Balaban J connectivity index is 1.04. The van der Waals surface area contributed by atoms with Crippen LogP contribution in [0.25, 0.3) is 82.5 Å². The van der Waals surface area contributed by atoms with Gasteiger partial charge in [-0.25, -0.2) is 0 Å². The summed E-state index contributed by atoms with van der Waals surface area (Å²) in [6.07, 6.45) is 0. The van der Waals surface area contributed by atoms with Crippen LogP contribution in [0.15, 0.2) is 194 Å². The first-order valence-corrected chi connectivity index (χ1v) is 20.5. The van der Waals surface area contributed by atoms with E-state index < -0.39 is 0 Å². The molecule has 5 heterocycles. The van der Waals surface area contributed by atoms with Gasteiger partial charge in [-0.1, -0.05) is 121 Å². The Kier molecular flexibility index (Phi) is 6.31. The summed E-state index contributed by atoms with van der Waals surface area (Å²) >= 11 is 0. The highest BCUT2D eigenvalue weighted by Gasteiger charge is 2.41. The number of aromatic nitrogens is 3. The summed E-state index contributed by atoms with van der Waals surface area (Å²) < 4.78 is 21.3. The molecule has 6 heteroatoms. The monoisotopic (exact) mass is 765 g/mol. The lowest BCUT2D eigenvalue weighted by molar-refractivity contribution is 0.464. The molecule has 2 aliphatic heterocycles. The van der Waals surface area contributed by atoms with Crippen LogP contribution in [0, 0.1) is 0 Å². The summed E-state index contributed by atoms with van der Waals surface area (Å²) in [6, 6.07) is 69.7. The minimum absolute atomic E-state index is 0.0568. The number of hydrogen-bond donors (Lipinski definition) is 0. The Morgan fingerprint density at radius 1 is 0.317 bits per heavy atom. The molecule has 0 N–H and O–H groups in total. The SMILES string of the molecule is c1ccc(-n2c3ccccc3c3c2ccc2c4ccccc4n(-c4cc5c6c(c4)Oc4cc(-n7c8ccccc8c8ccccc87)ccc4B6c4ccccc4O5)c23)cc1. The standard InChI is InChI=1S/C54H32BN3O2/c1-2-14-33(15-3-1)56-46-24-12-7-19-40(46)52-47(56)29-27-39-38-18-6-11-23-45(38)58(54(39)52)35-31-50-53-51(32-35)60-49-30-34(26-28-42(49)55(53)41-20-8-13-25-48(41)59-50)57-43-21-9-4-16-36(43)37-17-5-10-22-44(37)57/h1-32H. The second kappa shape index (κ2) is 11.8. The fourth-order valence-corrected chi connectivity index (χ4v) is 10.5. The Bertz CT molecular complexity index is 3750. The lowest BCUT2D eigenvalue weighted by atomic mass is 9.35. The molecule has 2 aliphatic rings. The van der Waals surface area contributed by atoms with E-state index in [0.29, 0.717) is 0 Å². The molecule has 5 nitrogen and oxygen atoms in total. The van der Waals surface area contributed by atoms with Gasteiger partial charge in [0.1, 0.15) is 23.0 Å². The lowest BCUT2D eigenvalue weighted by Gasteiger charge is -2.33. The molecule has 0 saturated carbocycles. The summed E-state index contributed by atoms with van der Waals surface area (Å²) in [6.45, 7) is -0.0568. The Labute approximate surface area is 344 Å². The zero-order chi connectivity index (χ0) is 39.1. The van der Waals surface area contributed by atoms with E-state index in [2.05, 4.69) is 208 Å². The normalized spacial score (nSPS) is 12.9. The van der Waals surface area contributed by atoms with Crippen molar-refractivity contribution in [2.45, 2.75) is 0 Å². The molecule has 0 spiro atoms. The van der Waals surface area contributed by atoms with Crippen LogP contribution in [0.4, 0.5) is 0 Å². The molecule has 0 amide bonds. The van der Waals surface area contributed by atoms with Crippen LogP contribution >= 0.6 is 0 Å². The van der Waals surface area contributed by atoms with Gasteiger partial charge < -0.3 is 23.2 Å². The maximum absolute atomic E-state index is 7.17. The van der Waals surface area contributed by atoms with E-state index in [-0.39, 0.29) is 6.71 Å². The van der Waals surface area contributed by atoms with Crippen molar-refractivity contribution in [3.05, 3.63) is 194 Å². The van der Waals surface area contributed by atoms with E-state index in [9.17, 15) is 0 Å². The number of rotatable bonds is 3. The van der Waals surface area contributed by atoms with Crippen LogP contribution in [0.2, 0.25) is 0 Å². The molecule has 3 aromatic heterocycles. The van der Waals surface area contributed by atoms with Crippen molar-refractivity contribution in [3.63, 3.8) is 0 Å². The molecule has 12 aromatic rings. The predicted molar refractivity (Wildman–Crippen MR) is 247 cm³/mol. The van der Waals surface area contributed by atoms with Gasteiger partial charge in [0.2, 0.25) is 0 Å². The molecular weight excluding hydrogens is 733 g/mol. The fraction of sp³-hybridized carbons (Fsp3) is 0. The van der Waals surface area contributed by atoms with Gasteiger partial charge in [-0.3, -0.25) is 0 Å². The van der Waals surface area contributed by atoms with Gasteiger partial charge in [0.15, 0.2) is 0 Å². The molecular formula is C54H32BN3O2. The quantitative estimate of drug-likeness (QED) is 0.168. The topological polar surface area (TPSA) is 33.2 Å². The first-order chi connectivity index (χ1) is 29.8. The van der Waals surface area contributed by atoms with Gasteiger partial charge in [-0.05, 0) is 65.5 Å². The number of para-hydroxylation sites is 6. The van der Waals surface area contributed by atoms with E-state index in [4.69, 9.17) is 9.47 Å². The Morgan fingerprint density at radius 3 is 1.55 bits per heavy atom. The summed E-state index contributed by atoms with van der Waals surface area (Å²) in [4.78, 5) is 0. The van der Waals surface area contributed by atoms with Gasteiger partial charge in [-0.2, -0.15) is 0 Å². The zero-order valence-corrected chi connectivity index (χ0v) is 32.2. The summed E-state index contributed by atoms with van der Waals surface area (Å²) in [5.74, 6) is 3.34. The van der Waals surface area contributed by atoms with Crippen LogP contribution in [0.3, 0.4) is 0 Å². The van der Waals surface area contributed by atoms with Crippen molar-refractivity contribution in [1.82, 2.24) is 13.7 Å². The molecule has 14 rings (SSSR count). The van der Waals surface area contributed by atoms with Gasteiger partial charge in [0.25, 0.3) is 6.71 Å². The average Bonchev–Trinajstić information content (AvgIpc) is 3.95. The lowest BCUT2D eigenvalue weighted by Crippen LogP contribution is -2.57. The van der Waals surface area contributed by atoms with Gasteiger partial charge in [0.05, 0.1) is 38.8 Å². The van der Waals surface area contributed by atoms with Gasteiger partial charge in [-0.15, -0.1) is 0 Å². The molecule has 0 atom stereocenters. The molecule has 0 radical (unpaired) electrons.